The van der Waals surface area contributed by atoms with Crippen LogP contribution in [0.4, 0.5) is 5.69 Å². The Balaban J connectivity index is 2.51. The molecule has 21 heavy (non-hydrogen) atoms. The Morgan fingerprint density at radius 3 is 2.52 bits per heavy atom. The molecule has 0 amide bonds. The molecule has 0 unspecified atom stereocenters. The van der Waals surface area contributed by atoms with E-state index in [1.165, 1.54) is 0 Å². The lowest BCUT2D eigenvalue weighted by Crippen LogP contribution is -2.40. The monoisotopic (exact) mass is 355 g/mol. The maximum atomic E-state index is 11.5. The van der Waals surface area contributed by atoms with Crippen molar-refractivity contribution in [3.63, 3.8) is 0 Å². The van der Waals surface area contributed by atoms with Crippen LogP contribution in [0, 0.1) is 13.8 Å². The first-order valence-electron chi connectivity index (χ1n) is 7.34. The number of carboxylic acids is 1. The maximum Gasteiger partial charge on any atom is 0.336 e. The van der Waals surface area contributed by atoms with Gasteiger partial charge >= 0.3 is 5.97 Å². The summed E-state index contributed by atoms with van der Waals surface area (Å²) in [6.45, 7) is 8.48. The minimum Gasteiger partial charge on any atom is -0.478 e. The number of ether oxygens (including phenoxy) is 1. The molecule has 1 saturated heterocycles. The predicted octanol–water partition coefficient (Wildman–Crippen LogP) is 3.77. The summed E-state index contributed by atoms with van der Waals surface area (Å²) < 4.78 is 6.30. The minimum absolute atomic E-state index is 0.369. The molecule has 1 N–H and O–H groups in total. The summed E-state index contributed by atoms with van der Waals surface area (Å²) in [6.07, 6.45) is 1.98. The Morgan fingerprint density at radius 1 is 1.38 bits per heavy atom. The van der Waals surface area contributed by atoms with Crippen molar-refractivity contribution in [3.8, 4) is 0 Å². The van der Waals surface area contributed by atoms with Crippen molar-refractivity contribution in [3.05, 3.63) is 27.2 Å². The van der Waals surface area contributed by atoms with Crippen molar-refractivity contribution in [1.29, 1.82) is 0 Å². The second kappa shape index (κ2) is 6.79. The smallest absolute Gasteiger partial charge is 0.336 e. The van der Waals surface area contributed by atoms with Gasteiger partial charge in [-0.25, -0.2) is 4.79 Å². The molecule has 0 atom stereocenters. The molecule has 1 aromatic rings. The largest absolute Gasteiger partial charge is 0.478 e. The molecular formula is C16H22BrNO3. The summed E-state index contributed by atoms with van der Waals surface area (Å²) in [4.78, 5) is 13.8. The van der Waals surface area contributed by atoms with Crippen LogP contribution in [0.25, 0.3) is 0 Å². The van der Waals surface area contributed by atoms with Gasteiger partial charge in [-0.05, 0) is 50.8 Å². The Labute approximate surface area is 134 Å². The van der Waals surface area contributed by atoms with E-state index in [-0.39, 0.29) is 0 Å². The van der Waals surface area contributed by atoms with Gasteiger partial charge in [0.25, 0.3) is 0 Å². The van der Waals surface area contributed by atoms with Gasteiger partial charge in [0.2, 0.25) is 0 Å². The van der Waals surface area contributed by atoms with Gasteiger partial charge in [-0.2, -0.15) is 0 Å². The summed E-state index contributed by atoms with van der Waals surface area (Å²) in [5.74, 6) is -0.877. The van der Waals surface area contributed by atoms with Crippen LogP contribution < -0.4 is 4.90 Å². The highest BCUT2D eigenvalue weighted by molar-refractivity contribution is 9.10. The number of benzene rings is 1. The fraction of sp³-hybridized carbons (Fsp3) is 0.562. The number of hydrogen-bond acceptors (Lipinski definition) is 3. The molecule has 0 radical (unpaired) electrons. The summed E-state index contributed by atoms with van der Waals surface area (Å²) in [6, 6.07) is 2.12. The van der Waals surface area contributed by atoms with E-state index in [0.29, 0.717) is 11.6 Å². The lowest BCUT2D eigenvalue weighted by molar-refractivity contribution is 0.0695. The Hall–Kier alpha value is -1.07. The third-order valence-electron chi connectivity index (χ3n) is 4.23. The standard InChI is InChI=1S/C16H22BrNO3/c1-4-18(12-5-7-21-8-6-12)15-10(2)13(16(19)20)9-14(17)11(15)3/h9,12H,4-8H2,1-3H3,(H,19,20). The van der Waals surface area contributed by atoms with Crippen LogP contribution in [0.3, 0.4) is 0 Å². The fourth-order valence-electron chi connectivity index (χ4n) is 3.11. The number of nitrogens with zero attached hydrogens (tertiary/aromatic N) is 1. The topological polar surface area (TPSA) is 49.8 Å². The first kappa shape index (κ1) is 16.3. The normalized spacial score (nSPS) is 16.0. The Kier molecular flexibility index (Phi) is 5.27. The number of halogens is 1. The minimum atomic E-state index is -0.877. The van der Waals surface area contributed by atoms with Crippen LogP contribution >= 0.6 is 15.9 Å². The van der Waals surface area contributed by atoms with E-state index in [4.69, 9.17) is 4.74 Å². The second-order valence-electron chi connectivity index (χ2n) is 5.44. The Bertz CT molecular complexity index is 539. The molecule has 0 spiro atoms. The molecule has 0 aliphatic carbocycles. The highest BCUT2D eigenvalue weighted by atomic mass is 79.9. The average Bonchev–Trinajstić information content (AvgIpc) is 2.48. The van der Waals surface area contributed by atoms with Crippen LogP contribution in [-0.4, -0.2) is 36.9 Å². The van der Waals surface area contributed by atoms with E-state index in [1.807, 2.05) is 13.8 Å². The maximum absolute atomic E-state index is 11.5. The zero-order valence-corrected chi connectivity index (χ0v) is 14.4. The summed E-state index contributed by atoms with van der Waals surface area (Å²) in [7, 11) is 0. The number of carbonyl (C=O) groups is 1. The van der Waals surface area contributed by atoms with Crippen molar-refractivity contribution in [2.24, 2.45) is 0 Å². The van der Waals surface area contributed by atoms with E-state index in [1.54, 1.807) is 6.07 Å². The van der Waals surface area contributed by atoms with Crippen LogP contribution in [-0.2, 0) is 4.74 Å². The molecule has 4 nitrogen and oxygen atoms in total. The average molecular weight is 356 g/mol. The molecule has 0 bridgehead atoms. The highest BCUT2D eigenvalue weighted by Crippen LogP contribution is 2.36. The summed E-state index contributed by atoms with van der Waals surface area (Å²) in [5, 5.41) is 9.41. The SMILES string of the molecule is CCN(c1c(C)c(Br)cc(C(=O)O)c1C)C1CCOCC1. The number of carboxylic acid groups (broad SMARTS) is 1. The molecule has 2 rings (SSSR count). The van der Waals surface area contributed by atoms with Gasteiger partial charge in [0, 0.05) is 36.0 Å². The summed E-state index contributed by atoms with van der Waals surface area (Å²) >= 11 is 3.51. The molecule has 1 aromatic carbocycles. The van der Waals surface area contributed by atoms with Gasteiger partial charge in [0.15, 0.2) is 0 Å². The van der Waals surface area contributed by atoms with Crippen molar-refractivity contribution in [2.45, 2.75) is 39.7 Å². The van der Waals surface area contributed by atoms with Crippen LogP contribution in [0.2, 0.25) is 0 Å². The molecular weight excluding hydrogens is 334 g/mol. The van der Waals surface area contributed by atoms with Gasteiger partial charge in [0.1, 0.15) is 0 Å². The van der Waals surface area contributed by atoms with E-state index in [0.717, 1.165) is 53.9 Å². The van der Waals surface area contributed by atoms with Crippen LogP contribution in [0.5, 0.6) is 0 Å². The quantitative estimate of drug-likeness (QED) is 0.892. The zero-order valence-electron chi connectivity index (χ0n) is 12.8. The molecule has 116 valence electrons. The van der Waals surface area contributed by atoms with Crippen LogP contribution in [0.15, 0.2) is 10.5 Å². The molecule has 0 saturated carbocycles. The van der Waals surface area contributed by atoms with Gasteiger partial charge < -0.3 is 14.7 Å². The molecule has 0 aromatic heterocycles. The number of anilines is 1. The third-order valence-corrected chi connectivity index (χ3v) is 5.06. The summed E-state index contributed by atoms with van der Waals surface area (Å²) in [5.41, 5.74) is 3.37. The van der Waals surface area contributed by atoms with Crippen molar-refractivity contribution in [2.75, 3.05) is 24.7 Å². The van der Waals surface area contributed by atoms with Crippen LogP contribution in [0.1, 0.15) is 41.3 Å². The highest BCUT2D eigenvalue weighted by Gasteiger charge is 2.26. The first-order chi connectivity index (χ1) is 9.97. The molecule has 5 heteroatoms. The van der Waals surface area contributed by atoms with Gasteiger partial charge in [-0.15, -0.1) is 0 Å². The molecule has 1 heterocycles. The molecule has 1 aliphatic heterocycles. The lowest BCUT2D eigenvalue weighted by Gasteiger charge is -2.37. The molecule has 1 fully saturated rings. The third kappa shape index (κ3) is 3.24. The predicted molar refractivity (Wildman–Crippen MR) is 87.4 cm³/mol. The van der Waals surface area contributed by atoms with Gasteiger partial charge in [0.05, 0.1) is 5.56 Å². The Morgan fingerprint density at radius 2 is 2.00 bits per heavy atom. The first-order valence-corrected chi connectivity index (χ1v) is 8.14. The second-order valence-corrected chi connectivity index (χ2v) is 6.29. The van der Waals surface area contributed by atoms with Gasteiger partial charge in [-0.3, -0.25) is 0 Å². The lowest BCUT2D eigenvalue weighted by atomic mass is 9.98. The van der Waals surface area contributed by atoms with Gasteiger partial charge in [-0.1, -0.05) is 15.9 Å². The van der Waals surface area contributed by atoms with Crippen molar-refractivity contribution < 1.29 is 14.6 Å². The van der Waals surface area contributed by atoms with E-state index >= 15 is 0 Å². The number of rotatable bonds is 4. The van der Waals surface area contributed by atoms with E-state index in [9.17, 15) is 9.90 Å². The van der Waals surface area contributed by atoms with E-state index < -0.39 is 5.97 Å². The molecule has 1 aliphatic rings. The van der Waals surface area contributed by atoms with Crippen molar-refractivity contribution in [1.82, 2.24) is 0 Å². The van der Waals surface area contributed by atoms with E-state index in [2.05, 4.69) is 27.8 Å². The van der Waals surface area contributed by atoms with Crippen molar-refractivity contribution >= 4 is 27.6 Å². The number of hydrogen-bond donors (Lipinski definition) is 1. The zero-order chi connectivity index (χ0) is 15.6. The number of aromatic carboxylic acids is 1. The fourth-order valence-corrected chi connectivity index (χ4v) is 3.53.